The van der Waals surface area contributed by atoms with E-state index in [-0.39, 0.29) is 23.4 Å². The molecule has 1 unspecified atom stereocenters. The fourth-order valence-corrected chi connectivity index (χ4v) is 2.24. The van der Waals surface area contributed by atoms with Gasteiger partial charge < -0.3 is 15.5 Å². The molecule has 0 aliphatic heterocycles. The van der Waals surface area contributed by atoms with Gasteiger partial charge >= 0.3 is 0 Å². The number of nitro groups is 1. The van der Waals surface area contributed by atoms with E-state index in [2.05, 4.69) is 5.32 Å². The third kappa shape index (κ3) is 2.87. The molecule has 1 aliphatic rings. The Bertz CT molecular complexity index is 705. The topological polar surface area (TPSA) is 111 Å². The van der Waals surface area contributed by atoms with E-state index in [9.17, 15) is 14.9 Å². The van der Waals surface area contributed by atoms with Gasteiger partial charge in [-0.15, -0.1) is 0 Å². The summed E-state index contributed by atoms with van der Waals surface area (Å²) in [5.41, 5.74) is 6.32. The fourth-order valence-electron chi connectivity index (χ4n) is 2.24. The van der Waals surface area contributed by atoms with Gasteiger partial charge in [-0.1, -0.05) is 0 Å². The van der Waals surface area contributed by atoms with Crippen LogP contribution in [0.3, 0.4) is 0 Å². The van der Waals surface area contributed by atoms with E-state index in [1.807, 2.05) is 0 Å². The average molecular weight is 289 g/mol. The number of fused-ring (bicyclic) bond motifs is 1. The molecule has 0 radical (unpaired) electrons. The molecule has 7 nitrogen and oxygen atoms in total. The molecule has 1 atom stereocenters. The number of nitrogens with one attached hydrogen (secondary N) is 1. The normalized spacial score (nSPS) is 15.9. The predicted molar refractivity (Wildman–Crippen MR) is 75.9 cm³/mol. The lowest BCUT2D eigenvalue weighted by Gasteiger charge is -2.10. The van der Waals surface area contributed by atoms with Crippen molar-refractivity contribution in [3.8, 4) is 0 Å². The van der Waals surface area contributed by atoms with Crippen LogP contribution in [-0.4, -0.2) is 23.4 Å². The third-order valence-corrected chi connectivity index (χ3v) is 3.66. The van der Waals surface area contributed by atoms with Crippen LogP contribution in [0.1, 0.15) is 23.4 Å². The summed E-state index contributed by atoms with van der Waals surface area (Å²) in [4.78, 5) is 22.2. The van der Waals surface area contributed by atoms with Crippen molar-refractivity contribution in [2.24, 2.45) is 11.7 Å². The second kappa shape index (κ2) is 5.17. The number of carbonyl (C=O) groups is 1. The highest BCUT2D eigenvalue weighted by Gasteiger charge is 2.28. The van der Waals surface area contributed by atoms with Gasteiger partial charge in [0.25, 0.3) is 11.6 Å². The molecular formula is C14H15N3O4. The van der Waals surface area contributed by atoms with Gasteiger partial charge in [0.1, 0.15) is 5.58 Å². The van der Waals surface area contributed by atoms with Gasteiger partial charge in [-0.25, -0.2) is 0 Å². The summed E-state index contributed by atoms with van der Waals surface area (Å²) in [5.74, 6) is 0.280. The lowest BCUT2D eigenvalue weighted by Crippen LogP contribution is -2.38. The monoisotopic (exact) mass is 289 g/mol. The number of hydrogen-bond acceptors (Lipinski definition) is 5. The van der Waals surface area contributed by atoms with Crippen LogP contribution in [0.15, 0.2) is 28.7 Å². The predicted octanol–water partition coefficient (Wildman–Crippen LogP) is 1.81. The van der Waals surface area contributed by atoms with Gasteiger partial charge in [-0.3, -0.25) is 14.9 Å². The van der Waals surface area contributed by atoms with Crippen molar-refractivity contribution in [2.75, 3.05) is 6.54 Å². The first-order chi connectivity index (χ1) is 10.0. The largest absolute Gasteiger partial charge is 0.451 e. The van der Waals surface area contributed by atoms with E-state index in [0.717, 1.165) is 12.8 Å². The number of nitrogens with zero attached hydrogens (tertiary/aromatic N) is 1. The average Bonchev–Trinajstić information content (AvgIpc) is 3.22. The van der Waals surface area contributed by atoms with Gasteiger partial charge in [0.15, 0.2) is 5.76 Å². The molecular weight excluding hydrogens is 274 g/mol. The molecule has 3 N–H and O–H groups in total. The van der Waals surface area contributed by atoms with Gasteiger partial charge in [-0.05, 0) is 30.9 Å². The number of nitrogens with two attached hydrogens (primary N) is 1. The number of rotatable bonds is 5. The molecule has 21 heavy (non-hydrogen) atoms. The Morgan fingerprint density at radius 2 is 2.24 bits per heavy atom. The number of benzene rings is 1. The van der Waals surface area contributed by atoms with Gasteiger partial charge in [0.05, 0.1) is 4.92 Å². The summed E-state index contributed by atoms with van der Waals surface area (Å²) < 4.78 is 5.40. The molecule has 0 bridgehead atoms. The van der Waals surface area contributed by atoms with Crippen molar-refractivity contribution in [2.45, 2.75) is 18.9 Å². The van der Waals surface area contributed by atoms with Crippen LogP contribution in [-0.2, 0) is 0 Å². The summed E-state index contributed by atoms with van der Waals surface area (Å²) in [6, 6.07) is 5.68. The van der Waals surface area contributed by atoms with Gasteiger partial charge in [0.2, 0.25) is 0 Å². The maximum atomic E-state index is 12.0. The molecule has 1 heterocycles. The molecule has 0 saturated heterocycles. The van der Waals surface area contributed by atoms with Crippen LogP contribution in [0, 0.1) is 16.0 Å². The van der Waals surface area contributed by atoms with Crippen LogP contribution in [0.25, 0.3) is 11.0 Å². The van der Waals surface area contributed by atoms with E-state index in [1.165, 1.54) is 24.3 Å². The summed E-state index contributed by atoms with van der Waals surface area (Å²) >= 11 is 0. The number of nitro benzene ring substituents is 1. The van der Waals surface area contributed by atoms with E-state index >= 15 is 0 Å². The lowest BCUT2D eigenvalue weighted by atomic mass is 10.2. The molecule has 2 aromatic rings. The summed E-state index contributed by atoms with van der Waals surface area (Å²) in [5, 5.41) is 14.0. The minimum Gasteiger partial charge on any atom is -0.451 e. The Hall–Kier alpha value is -2.41. The van der Waals surface area contributed by atoms with Crippen molar-refractivity contribution in [1.29, 1.82) is 0 Å². The molecule has 1 amide bonds. The molecule has 1 fully saturated rings. The Morgan fingerprint density at radius 3 is 2.90 bits per heavy atom. The van der Waals surface area contributed by atoms with Gasteiger partial charge in [0, 0.05) is 30.1 Å². The minimum absolute atomic E-state index is 0.0283. The standard InChI is InChI=1S/C14H15N3O4/c15-11(8-1-2-8)7-16-14(18)13-6-9-5-10(17(19)20)3-4-12(9)21-13/h3-6,8,11H,1-2,7,15H2,(H,16,18). The fraction of sp³-hybridized carbons (Fsp3) is 0.357. The molecule has 1 aliphatic carbocycles. The molecule has 1 aromatic carbocycles. The van der Waals surface area contributed by atoms with Crippen LogP contribution >= 0.6 is 0 Å². The van der Waals surface area contributed by atoms with Crippen molar-refractivity contribution in [1.82, 2.24) is 5.32 Å². The van der Waals surface area contributed by atoms with E-state index in [1.54, 1.807) is 0 Å². The summed E-state index contributed by atoms with van der Waals surface area (Å²) in [6.45, 7) is 0.403. The van der Waals surface area contributed by atoms with Crippen molar-refractivity contribution < 1.29 is 14.1 Å². The first kappa shape index (κ1) is 13.6. The highest BCUT2D eigenvalue weighted by molar-refractivity contribution is 5.96. The number of hydrogen-bond donors (Lipinski definition) is 2. The van der Waals surface area contributed by atoms with E-state index in [0.29, 0.717) is 23.4 Å². The quantitative estimate of drug-likeness (QED) is 0.644. The maximum absolute atomic E-state index is 12.0. The molecule has 110 valence electrons. The second-order valence-electron chi connectivity index (χ2n) is 5.30. The number of carbonyl (C=O) groups excluding carboxylic acids is 1. The van der Waals surface area contributed by atoms with Gasteiger partial charge in [-0.2, -0.15) is 0 Å². The highest BCUT2D eigenvalue weighted by Crippen LogP contribution is 2.31. The first-order valence-corrected chi connectivity index (χ1v) is 6.76. The van der Waals surface area contributed by atoms with Crippen LogP contribution < -0.4 is 11.1 Å². The molecule has 3 rings (SSSR count). The Kier molecular flexibility index (Phi) is 3.34. The Balaban J connectivity index is 1.73. The van der Waals surface area contributed by atoms with Crippen molar-refractivity contribution in [3.05, 3.63) is 40.1 Å². The highest BCUT2D eigenvalue weighted by atomic mass is 16.6. The first-order valence-electron chi connectivity index (χ1n) is 6.76. The zero-order valence-electron chi connectivity index (χ0n) is 11.2. The smallest absolute Gasteiger partial charge is 0.287 e. The van der Waals surface area contributed by atoms with Crippen LogP contribution in [0.4, 0.5) is 5.69 Å². The minimum atomic E-state index is -0.485. The van der Waals surface area contributed by atoms with E-state index < -0.39 is 4.92 Å². The third-order valence-electron chi connectivity index (χ3n) is 3.66. The Labute approximate surface area is 120 Å². The number of furan rings is 1. The Morgan fingerprint density at radius 1 is 1.48 bits per heavy atom. The summed E-state index contributed by atoms with van der Waals surface area (Å²) in [6.07, 6.45) is 2.23. The molecule has 1 saturated carbocycles. The molecule has 0 spiro atoms. The maximum Gasteiger partial charge on any atom is 0.287 e. The van der Waals surface area contributed by atoms with Crippen molar-refractivity contribution >= 4 is 22.6 Å². The molecule has 1 aromatic heterocycles. The summed E-state index contributed by atoms with van der Waals surface area (Å²) in [7, 11) is 0. The van der Waals surface area contributed by atoms with Crippen LogP contribution in [0.5, 0.6) is 0 Å². The van der Waals surface area contributed by atoms with Crippen LogP contribution in [0.2, 0.25) is 0 Å². The number of amides is 1. The van der Waals surface area contributed by atoms with E-state index in [4.69, 9.17) is 10.2 Å². The zero-order valence-corrected chi connectivity index (χ0v) is 11.2. The second-order valence-corrected chi connectivity index (χ2v) is 5.30. The SMILES string of the molecule is NC(CNC(=O)c1cc2cc([N+](=O)[O-])ccc2o1)C1CC1. The number of non-ortho nitro benzene ring substituents is 1. The van der Waals surface area contributed by atoms with Crippen molar-refractivity contribution in [3.63, 3.8) is 0 Å². The molecule has 7 heteroatoms. The zero-order chi connectivity index (χ0) is 15.0. The lowest BCUT2D eigenvalue weighted by molar-refractivity contribution is -0.384.